The van der Waals surface area contributed by atoms with E-state index in [4.69, 9.17) is 4.74 Å². The maximum atomic E-state index is 8.17. The summed E-state index contributed by atoms with van der Waals surface area (Å²) in [5.74, 6) is 1.58. The number of rotatable bonds is 12. The average molecular weight is 1500 g/mol. The van der Waals surface area contributed by atoms with Gasteiger partial charge >= 0.3 is 0 Å². The van der Waals surface area contributed by atoms with E-state index in [9.17, 15) is 0 Å². The van der Waals surface area contributed by atoms with Crippen LogP contribution in [0.5, 0.6) is 11.5 Å². The van der Waals surface area contributed by atoms with Gasteiger partial charge in [0.1, 0.15) is 11.5 Å². The first kappa shape index (κ1) is 67.2. The van der Waals surface area contributed by atoms with Crippen molar-refractivity contribution in [3.05, 3.63) is 459 Å². The van der Waals surface area contributed by atoms with Gasteiger partial charge in [0.2, 0.25) is 0 Å². The van der Waals surface area contributed by atoms with E-state index < -0.39 is 5.41 Å². The van der Waals surface area contributed by atoms with Crippen LogP contribution in [0.15, 0.2) is 437 Å². The van der Waals surface area contributed by atoms with Crippen molar-refractivity contribution in [2.24, 2.45) is 0 Å². The molecule has 0 aromatic heterocycles. The topological polar surface area (TPSA) is 28.7 Å². The molecule has 0 saturated heterocycles. The predicted molar refractivity (Wildman–Crippen MR) is 492 cm³/mol. The molecular formula is C109H72B2N6O. The van der Waals surface area contributed by atoms with E-state index in [1.807, 2.05) is 0 Å². The number of hydrogen-bond acceptors (Lipinski definition) is 7. The van der Waals surface area contributed by atoms with E-state index in [2.05, 4.69) is 466 Å². The van der Waals surface area contributed by atoms with Gasteiger partial charge in [-0.25, -0.2) is 0 Å². The number of anilines is 18. The van der Waals surface area contributed by atoms with Crippen molar-refractivity contribution in [2.45, 2.75) is 5.41 Å². The molecule has 0 radical (unpaired) electrons. The number of nitrogens with zero attached hydrogens (tertiary/aromatic N) is 6. The highest BCUT2D eigenvalue weighted by atomic mass is 16.5. The molecule has 0 N–H and O–H groups in total. The van der Waals surface area contributed by atoms with Crippen LogP contribution in [-0.4, -0.2) is 13.4 Å². The lowest BCUT2D eigenvalue weighted by Gasteiger charge is -2.49. The normalized spacial score (nSPS) is 13.5. The molecule has 0 atom stereocenters. The van der Waals surface area contributed by atoms with Crippen molar-refractivity contribution in [1.82, 2.24) is 0 Å². The minimum absolute atomic E-state index is 0.282. The summed E-state index contributed by atoms with van der Waals surface area (Å²) in [5, 5.41) is 0. The second kappa shape index (κ2) is 26.9. The number of hydrogen-bond donors (Lipinski definition) is 0. The van der Waals surface area contributed by atoms with Crippen LogP contribution >= 0.6 is 0 Å². The van der Waals surface area contributed by atoms with Gasteiger partial charge in [-0.05, 0) is 199 Å². The molecular weight excluding hydrogens is 1430 g/mol. The Morgan fingerprint density at radius 3 is 1.02 bits per heavy atom. The highest BCUT2D eigenvalue weighted by Gasteiger charge is 2.56. The Balaban J connectivity index is 0.853. The summed E-state index contributed by atoms with van der Waals surface area (Å²) < 4.78 is 8.17. The van der Waals surface area contributed by atoms with Crippen LogP contribution in [0.25, 0.3) is 33.4 Å². The van der Waals surface area contributed by atoms with Gasteiger partial charge < -0.3 is 34.1 Å². The van der Waals surface area contributed by atoms with Crippen molar-refractivity contribution in [3.63, 3.8) is 0 Å². The van der Waals surface area contributed by atoms with E-state index in [1.165, 1.54) is 49.7 Å². The van der Waals surface area contributed by atoms with Gasteiger partial charge in [0.15, 0.2) is 0 Å². The van der Waals surface area contributed by atoms with Gasteiger partial charge in [0.25, 0.3) is 13.4 Å². The standard InChI is InChI=1S/C109H72B2N6O/c1-10-37-73(38-11-1)84-57-36-58-85(74-39-12-2-13-40-74)108(84)117-98-71-100-94(110-92-61-32-34-63-96(92)114(79-49-22-7-23-50-79)101-65-82(66-102(106(101)110)116(100)81-53-26-9-27-54-81)112(75-41-14-3-15-42-75)76-43-16-4-17-44-76)69-90(98)109(88-59-30-28-55-86(88)87-56-29-31-60-89(87)109)91-70-95-104(72-99(91)117)118-105-68-83(113(77-45-18-5-19-46-77)78-47-20-6-21-48-78)67-103-107(105)111(95)93-62-33-35-64-97(93)115(103)80-51-24-8-25-52-80/h1-72H. The predicted octanol–water partition coefficient (Wildman–Crippen LogP) is 24.6. The second-order valence-corrected chi connectivity index (χ2v) is 31.3. The first-order chi connectivity index (χ1) is 58.6. The van der Waals surface area contributed by atoms with Crippen LogP contribution in [0.3, 0.4) is 0 Å². The molecule has 0 unspecified atom stereocenters. The van der Waals surface area contributed by atoms with Gasteiger partial charge in [0, 0.05) is 97.2 Å². The van der Waals surface area contributed by atoms with Crippen LogP contribution in [-0.2, 0) is 5.41 Å². The Kier molecular flexibility index (Phi) is 15.3. The monoisotopic (exact) mass is 1500 g/mol. The molecule has 24 rings (SSSR count). The molecule has 0 saturated carbocycles. The fourth-order valence-electron chi connectivity index (χ4n) is 20.5. The van der Waals surface area contributed by atoms with Gasteiger partial charge in [-0.2, -0.15) is 0 Å². The lowest BCUT2D eigenvalue weighted by molar-refractivity contribution is 0.487. The SMILES string of the molecule is c1ccc(-c2cccc(-c3ccccc3)c2N2c3cc4c(cc3C3(c5ccccc5-c5ccccc53)c3cc5c(cc32)N(c2ccccc2)c2cc(N(c3ccccc3)c3ccccc3)cc3c2B5c2ccccc2N3c2ccccc2)B2c3ccccc3N(c3ccccc3)c3cc(N(c5ccccc5)c5ccccc5)cc(c32)O4)cc1. The molecule has 550 valence electrons. The second-order valence-electron chi connectivity index (χ2n) is 31.3. The zero-order chi connectivity index (χ0) is 77.5. The molecule has 5 heterocycles. The van der Waals surface area contributed by atoms with E-state index >= 15 is 0 Å². The molecule has 7 nitrogen and oxygen atoms in total. The molecule has 0 amide bonds. The fraction of sp³-hybridized carbons (Fsp3) is 0.00917. The molecule has 18 aromatic rings. The number of fused-ring (bicyclic) bond motifs is 17. The quantitative estimate of drug-likeness (QED) is 0.113. The van der Waals surface area contributed by atoms with Gasteiger partial charge in [-0.3, -0.25) is 0 Å². The molecule has 18 aromatic carbocycles. The lowest BCUT2D eigenvalue weighted by atomic mass is 9.33. The van der Waals surface area contributed by atoms with E-state index in [1.54, 1.807) is 0 Å². The third kappa shape index (κ3) is 10.1. The van der Waals surface area contributed by atoms with Crippen LogP contribution in [0.4, 0.5) is 102 Å². The third-order valence-electron chi connectivity index (χ3n) is 25.1. The fourth-order valence-corrected chi connectivity index (χ4v) is 20.5. The Morgan fingerprint density at radius 1 is 0.212 bits per heavy atom. The number of benzene rings is 18. The summed E-state index contributed by atoms with van der Waals surface area (Å²) in [5.41, 5.74) is 36.7. The summed E-state index contributed by atoms with van der Waals surface area (Å²) in [4.78, 5) is 15.1. The smallest absolute Gasteiger partial charge is 0.256 e. The molecule has 0 bridgehead atoms. The summed E-state index contributed by atoms with van der Waals surface area (Å²) in [6.45, 7) is -0.578. The Hall–Kier alpha value is -15.3. The molecule has 0 fully saturated rings. The number of para-hydroxylation sites is 10. The highest BCUT2D eigenvalue weighted by Crippen LogP contribution is 2.66. The van der Waals surface area contributed by atoms with Crippen LogP contribution in [0.2, 0.25) is 0 Å². The summed E-state index contributed by atoms with van der Waals surface area (Å²) in [6.07, 6.45) is 0. The molecule has 1 spiro atoms. The minimum atomic E-state index is -0.975. The van der Waals surface area contributed by atoms with Crippen molar-refractivity contribution in [2.75, 3.05) is 29.4 Å². The van der Waals surface area contributed by atoms with Crippen molar-refractivity contribution >= 4 is 149 Å². The summed E-state index contributed by atoms with van der Waals surface area (Å²) >= 11 is 0. The van der Waals surface area contributed by atoms with E-state index in [0.717, 1.165) is 153 Å². The van der Waals surface area contributed by atoms with Crippen molar-refractivity contribution < 1.29 is 4.74 Å². The van der Waals surface area contributed by atoms with Crippen LogP contribution < -0.4 is 66.9 Å². The van der Waals surface area contributed by atoms with Crippen LogP contribution in [0.1, 0.15) is 22.3 Å². The van der Waals surface area contributed by atoms with Crippen molar-refractivity contribution in [1.29, 1.82) is 0 Å². The first-order valence-electron chi connectivity index (χ1n) is 40.8. The summed E-state index contributed by atoms with van der Waals surface area (Å²) in [7, 11) is 0. The minimum Gasteiger partial charge on any atom is -0.458 e. The largest absolute Gasteiger partial charge is 0.458 e. The molecule has 1 aliphatic carbocycles. The van der Waals surface area contributed by atoms with Crippen molar-refractivity contribution in [3.8, 4) is 44.9 Å². The highest BCUT2D eigenvalue weighted by molar-refractivity contribution is 7.01. The van der Waals surface area contributed by atoms with Gasteiger partial charge in [-0.15, -0.1) is 0 Å². The molecule has 5 aliphatic heterocycles. The van der Waals surface area contributed by atoms with E-state index in [-0.39, 0.29) is 13.4 Å². The molecule has 118 heavy (non-hydrogen) atoms. The van der Waals surface area contributed by atoms with Crippen LogP contribution in [0, 0.1) is 0 Å². The average Bonchev–Trinajstić information content (AvgIpc) is 1.33. The van der Waals surface area contributed by atoms with Gasteiger partial charge in [0.05, 0.1) is 33.9 Å². The van der Waals surface area contributed by atoms with E-state index in [0.29, 0.717) is 0 Å². The Morgan fingerprint density at radius 2 is 0.559 bits per heavy atom. The Bertz CT molecular complexity index is 6830. The number of ether oxygens (including phenoxy) is 1. The maximum absolute atomic E-state index is 8.17. The molecule has 6 aliphatic rings. The lowest BCUT2D eigenvalue weighted by Crippen LogP contribution is -2.61. The zero-order valence-electron chi connectivity index (χ0n) is 64.3. The maximum Gasteiger partial charge on any atom is 0.256 e. The summed E-state index contributed by atoms with van der Waals surface area (Å²) in [6, 6.07) is 162. The molecule has 9 heteroatoms. The first-order valence-corrected chi connectivity index (χ1v) is 40.8. The Labute approximate surface area is 687 Å². The zero-order valence-corrected chi connectivity index (χ0v) is 64.3. The third-order valence-corrected chi connectivity index (χ3v) is 25.1. The van der Waals surface area contributed by atoms with Gasteiger partial charge in [-0.1, -0.05) is 303 Å².